The molecule has 1 unspecified atom stereocenters. The van der Waals surface area contributed by atoms with Gasteiger partial charge >= 0.3 is 0 Å². The van der Waals surface area contributed by atoms with Gasteiger partial charge < -0.3 is 9.45 Å². The smallest absolute Gasteiger partial charge is 0.186 e. The quantitative estimate of drug-likeness (QED) is 0.637. The summed E-state index contributed by atoms with van der Waals surface area (Å²) in [6, 6.07) is 27.9. The molecule has 0 aliphatic carbocycles. The SMILES string of the molecule is O=S(O)c1cccc(N(CCc2ccccc2)Cc2ccccc2)c1. The van der Waals surface area contributed by atoms with Gasteiger partial charge in [-0.1, -0.05) is 66.7 Å². The van der Waals surface area contributed by atoms with Gasteiger partial charge in [0, 0.05) is 18.8 Å². The van der Waals surface area contributed by atoms with E-state index in [1.54, 1.807) is 12.1 Å². The van der Waals surface area contributed by atoms with Gasteiger partial charge in [0.25, 0.3) is 0 Å². The summed E-state index contributed by atoms with van der Waals surface area (Å²) in [5.41, 5.74) is 3.45. The van der Waals surface area contributed by atoms with Crippen molar-refractivity contribution < 1.29 is 8.76 Å². The highest BCUT2D eigenvalue weighted by Gasteiger charge is 2.10. The Morgan fingerprint density at radius 3 is 2.08 bits per heavy atom. The van der Waals surface area contributed by atoms with Gasteiger partial charge in [-0.25, -0.2) is 4.21 Å². The van der Waals surface area contributed by atoms with Gasteiger partial charge in [0.15, 0.2) is 11.1 Å². The fourth-order valence-electron chi connectivity index (χ4n) is 2.80. The molecular formula is C21H21NO2S. The van der Waals surface area contributed by atoms with Crippen molar-refractivity contribution in [3.05, 3.63) is 96.1 Å². The van der Waals surface area contributed by atoms with Crippen LogP contribution in [-0.4, -0.2) is 15.3 Å². The fourth-order valence-corrected chi connectivity index (χ4v) is 3.22. The molecule has 0 radical (unpaired) electrons. The van der Waals surface area contributed by atoms with E-state index in [0.717, 1.165) is 25.2 Å². The molecule has 3 rings (SSSR count). The molecule has 0 bridgehead atoms. The third-order valence-corrected chi connectivity index (χ3v) is 4.77. The van der Waals surface area contributed by atoms with Gasteiger partial charge in [-0.15, -0.1) is 0 Å². The van der Waals surface area contributed by atoms with E-state index >= 15 is 0 Å². The number of benzene rings is 3. The van der Waals surface area contributed by atoms with Crippen LogP contribution in [0.1, 0.15) is 11.1 Å². The van der Waals surface area contributed by atoms with Crippen molar-refractivity contribution >= 4 is 16.8 Å². The van der Waals surface area contributed by atoms with Crippen LogP contribution in [0.2, 0.25) is 0 Å². The van der Waals surface area contributed by atoms with E-state index in [-0.39, 0.29) is 0 Å². The largest absolute Gasteiger partial charge is 0.367 e. The number of hydrogen-bond acceptors (Lipinski definition) is 2. The van der Waals surface area contributed by atoms with Crippen LogP contribution in [0, 0.1) is 0 Å². The summed E-state index contributed by atoms with van der Waals surface area (Å²) in [4.78, 5) is 2.67. The average Bonchev–Trinajstić information content (AvgIpc) is 2.67. The molecule has 0 amide bonds. The lowest BCUT2D eigenvalue weighted by molar-refractivity contribution is 0.564. The average molecular weight is 351 g/mol. The van der Waals surface area contributed by atoms with Crippen LogP contribution in [-0.2, 0) is 24.0 Å². The van der Waals surface area contributed by atoms with Gasteiger partial charge in [-0.3, -0.25) is 0 Å². The summed E-state index contributed by atoms with van der Waals surface area (Å²) in [5.74, 6) is 0. The lowest BCUT2D eigenvalue weighted by Crippen LogP contribution is -2.25. The minimum absolute atomic E-state index is 0.426. The van der Waals surface area contributed by atoms with E-state index in [0.29, 0.717) is 4.90 Å². The molecule has 0 aliphatic rings. The first-order chi connectivity index (χ1) is 12.2. The van der Waals surface area contributed by atoms with E-state index in [1.165, 1.54) is 11.1 Å². The van der Waals surface area contributed by atoms with Crippen molar-refractivity contribution in [2.75, 3.05) is 11.4 Å². The summed E-state index contributed by atoms with van der Waals surface area (Å²) in [6.45, 7) is 1.59. The van der Waals surface area contributed by atoms with Crippen molar-refractivity contribution in [1.82, 2.24) is 0 Å². The normalized spacial score (nSPS) is 11.9. The van der Waals surface area contributed by atoms with Gasteiger partial charge in [0.05, 0.1) is 4.90 Å². The van der Waals surface area contributed by atoms with Crippen LogP contribution in [0.5, 0.6) is 0 Å². The number of hydrogen-bond donors (Lipinski definition) is 1. The Morgan fingerprint density at radius 2 is 1.44 bits per heavy atom. The minimum atomic E-state index is -1.97. The third kappa shape index (κ3) is 5.02. The lowest BCUT2D eigenvalue weighted by Gasteiger charge is -2.25. The van der Waals surface area contributed by atoms with Crippen molar-refractivity contribution in [1.29, 1.82) is 0 Å². The predicted octanol–water partition coefficient (Wildman–Crippen LogP) is 4.52. The second-order valence-corrected chi connectivity index (χ2v) is 6.86. The van der Waals surface area contributed by atoms with Crippen LogP contribution in [0.15, 0.2) is 89.8 Å². The molecular weight excluding hydrogens is 330 g/mol. The molecule has 0 aliphatic heterocycles. The zero-order chi connectivity index (χ0) is 17.5. The van der Waals surface area contributed by atoms with Crippen molar-refractivity contribution in [3.63, 3.8) is 0 Å². The zero-order valence-corrected chi connectivity index (χ0v) is 14.7. The minimum Gasteiger partial charge on any atom is -0.367 e. The molecule has 3 aromatic rings. The van der Waals surface area contributed by atoms with Crippen molar-refractivity contribution in [2.45, 2.75) is 17.9 Å². The fraction of sp³-hybridized carbons (Fsp3) is 0.143. The first-order valence-electron chi connectivity index (χ1n) is 8.26. The predicted molar refractivity (Wildman–Crippen MR) is 103 cm³/mol. The Hall–Kier alpha value is -2.43. The van der Waals surface area contributed by atoms with Crippen LogP contribution in [0.3, 0.4) is 0 Å². The molecule has 128 valence electrons. The van der Waals surface area contributed by atoms with Crippen molar-refractivity contribution in [3.8, 4) is 0 Å². The van der Waals surface area contributed by atoms with Crippen LogP contribution in [0.4, 0.5) is 5.69 Å². The first-order valence-corrected chi connectivity index (χ1v) is 9.37. The van der Waals surface area contributed by atoms with E-state index in [1.807, 2.05) is 48.5 Å². The first kappa shape index (κ1) is 17.4. The van der Waals surface area contributed by atoms with Gasteiger partial charge in [0.2, 0.25) is 0 Å². The zero-order valence-electron chi connectivity index (χ0n) is 13.9. The van der Waals surface area contributed by atoms with Crippen LogP contribution < -0.4 is 4.90 Å². The molecule has 0 heterocycles. The maximum Gasteiger partial charge on any atom is 0.186 e. The lowest BCUT2D eigenvalue weighted by atomic mass is 10.1. The molecule has 1 N–H and O–H groups in total. The summed E-state index contributed by atoms with van der Waals surface area (Å²) >= 11 is -1.97. The Balaban J connectivity index is 1.83. The monoisotopic (exact) mass is 351 g/mol. The van der Waals surface area contributed by atoms with Gasteiger partial charge in [0.1, 0.15) is 0 Å². The van der Waals surface area contributed by atoms with E-state index < -0.39 is 11.1 Å². The molecule has 0 fully saturated rings. The van der Waals surface area contributed by atoms with Crippen molar-refractivity contribution in [2.24, 2.45) is 0 Å². The molecule has 3 nitrogen and oxygen atoms in total. The number of rotatable bonds is 7. The second-order valence-electron chi connectivity index (χ2n) is 5.89. The maximum atomic E-state index is 11.4. The Kier molecular flexibility index (Phi) is 5.99. The molecule has 25 heavy (non-hydrogen) atoms. The molecule has 0 saturated carbocycles. The Morgan fingerprint density at radius 1 is 0.800 bits per heavy atom. The summed E-state index contributed by atoms with van der Waals surface area (Å²) in [5, 5.41) is 0. The number of anilines is 1. The second kappa shape index (κ2) is 8.60. The summed E-state index contributed by atoms with van der Waals surface area (Å²) in [7, 11) is 0. The Labute approximate surface area is 151 Å². The highest BCUT2D eigenvalue weighted by atomic mass is 32.2. The van der Waals surface area contributed by atoms with E-state index in [2.05, 4.69) is 29.2 Å². The van der Waals surface area contributed by atoms with E-state index in [9.17, 15) is 8.76 Å². The van der Waals surface area contributed by atoms with Crippen LogP contribution >= 0.6 is 0 Å². The molecule has 3 aromatic carbocycles. The highest BCUT2D eigenvalue weighted by Crippen LogP contribution is 2.21. The third-order valence-electron chi connectivity index (χ3n) is 4.11. The Bertz CT molecular complexity index is 822. The number of nitrogens with zero attached hydrogens (tertiary/aromatic N) is 1. The maximum absolute atomic E-state index is 11.4. The standard InChI is InChI=1S/C21H21NO2S/c23-25(24)21-13-7-12-20(16-21)22(17-19-10-5-2-6-11-19)15-14-18-8-3-1-4-9-18/h1-13,16H,14-15,17H2,(H,23,24). The van der Waals surface area contributed by atoms with Gasteiger partial charge in [-0.05, 0) is 35.7 Å². The molecule has 0 aromatic heterocycles. The summed E-state index contributed by atoms with van der Waals surface area (Å²) < 4.78 is 20.8. The molecule has 1 atom stereocenters. The summed E-state index contributed by atoms with van der Waals surface area (Å²) in [6.07, 6.45) is 0.917. The highest BCUT2D eigenvalue weighted by molar-refractivity contribution is 7.79. The molecule has 0 saturated heterocycles. The molecule has 4 heteroatoms. The topological polar surface area (TPSA) is 40.5 Å². The van der Waals surface area contributed by atoms with E-state index in [4.69, 9.17) is 0 Å². The van der Waals surface area contributed by atoms with Gasteiger partial charge in [-0.2, -0.15) is 0 Å². The molecule has 0 spiro atoms. The van der Waals surface area contributed by atoms with Crippen LogP contribution in [0.25, 0.3) is 0 Å².